The molecule has 4 rings (SSSR count). The molecule has 2 N–H and O–H groups in total. The van der Waals surface area contributed by atoms with Crippen molar-refractivity contribution in [2.45, 2.75) is 12.8 Å². The lowest BCUT2D eigenvalue weighted by molar-refractivity contribution is -0.134. The molecule has 2 aliphatic rings. The first-order valence-electron chi connectivity index (χ1n) is 11.7. The Balaban J connectivity index is 1.16. The molecule has 2 aromatic rings. The Morgan fingerprint density at radius 2 is 1.56 bits per heavy atom. The molecule has 2 aromatic carbocycles. The van der Waals surface area contributed by atoms with Crippen LogP contribution in [0.5, 0.6) is 0 Å². The lowest BCUT2D eigenvalue weighted by atomic mass is 9.96. The Morgan fingerprint density at radius 1 is 0.853 bits per heavy atom. The number of halogens is 1. The first kappa shape index (κ1) is 23.9. The van der Waals surface area contributed by atoms with Crippen molar-refractivity contribution in [1.29, 1.82) is 0 Å². The number of piperazine rings is 1. The highest BCUT2D eigenvalue weighted by molar-refractivity contribution is 6.30. The van der Waals surface area contributed by atoms with Crippen LogP contribution in [0.2, 0.25) is 5.02 Å². The predicted octanol–water partition coefficient (Wildman–Crippen LogP) is 3.05. The van der Waals surface area contributed by atoms with Gasteiger partial charge in [0.25, 0.3) is 0 Å². The van der Waals surface area contributed by atoms with Gasteiger partial charge in [0.15, 0.2) is 0 Å². The van der Waals surface area contributed by atoms with Gasteiger partial charge in [0, 0.05) is 61.6 Å². The molecule has 0 spiro atoms. The van der Waals surface area contributed by atoms with Gasteiger partial charge in [0.1, 0.15) is 0 Å². The number of urea groups is 1. The van der Waals surface area contributed by atoms with Crippen molar-refractivity contribution in [2.24, 2.45) is 5.92 Å². The first-order valence-corrected chi connectivity index (χ1v) is 12.0. The number of rotatable bonds is 5. The van der Waals surface area contributed by atoms with Crippen LogP contribution in [0.1, 0.15) is 12.8 Å². The number of nitrogens with zero attached hydrogens (tertiary/aromatic N) is 3. The number of amides is 4. The SMILES string of the molecule is O=C(NCC(=O)N1CCN(c2cccc(Cl)c2)CC1)C1CCN(C(=O)Nc2ccccc2)CC1. The van der Waals surface area contributed by atoms with Crippen molar-refractivity contribution >= 4 is 40.8 Å². The molecule has 180 valence electrons. The van der Waals surface area contributed by atoms with Crippen LogP contribution in [0.15, 0.2) is 54.6 Å². The zero-order valence-corrected chi connectivity index (χ0v) is 19.8. The smallest absolute Gasteiger partial charge is 0.321 e. The van der Waals surface area contributed by atoms with E-state index in [2.05, 4.69) is 15.5 Å². The monoisotopic (exact) mass is 483 g/mol. The topological polar surface area (TPSA) is 85.0 Å². The first-order chi connectivity index (χ1) is 16.5. The van der Waals surface area contributed by atoms with Gasteiger partial charge in [-0.15, -0.1) is 0 Å². The summed E-state index contributed by atoms with van der Waals surface area (Å²) in [5.41, 5.74) is 1.80. The van der Waals surface area contributed by atoms with Crippen molar-refractivity contribution in [1.82, 2.24) is 15.1 Å². The summed E-state index contributed by atoms with van der Waals surface area (Å²) < 4.78 is 0. The van der Waals surface area contributed by atoms with Crippen LogP contribution in [-0.2, 0) is 9.59 Å². The maximum atomic E-state index is 12.6. The van der Waals surface area contributed by atoms with Gasteiger partial charge in [-0.3, -0.25) is 9.59 Å². The molecule has 0 saturated carbocycles. The van der Waals surface area contributed by atoms with E-state index in [-0.39, 0.29) is 30.3 Å². The Bertz CT molecular complexity index is 1000. The lowest BCUT2D eigenvalue weighted by Gasteiger charge is -2.36. The second kappa shape index (κ2) is 11.2. The maximum Gasteiger partial charge on any atom is 0.321 e. The Morgan fingerprint density at radius 3 is 2.24 bits per heavy atom. The minimum Gasteiger partial charge on any atom is -0.368 e. The zero-order valence-electron chi connectivity index (χ0n) is 19.1. The summed E-state index contributed by atoms with van der Waals surface area (Å²) in [6.45, 7) is 3.69. The van der Waals surface area contributed by atoms with Crippen molar-refractivity contribution in [3.8, 4) is 0 Å². The number of benzene rings is 2. The van der Waals surface area contributed by atoms with E-state index in [1.54, 1.807) is 9.80 Å². The Kier molecular flexibility index (Phi) is 7.90. The molecule has 0 radical (unpaired) electrons. The number of likely N-dealkylation sites (tertiary alicyclic amines) is 1. The lowest BCUT2D eigenvalue weighted by Crippen LogP contribution is -2.52. The summed E-state index contributed by atoms with van der Waals surface area (Å²) in [4.78, 5) is 43.3. The van der Waals surface area contributed by atoms with Crippen molar-refractivity contribution in [3.05, 3.63) is 59.6 Å². The largest absolute Gasteiger partial charge is 0.368 e. The summed E-state index contributed by atoms with van der Waals surface area (Å²) in [6.07, 6.45) is 1.17. The summed E-state index contributed by atoms with van der Waals surface area (Å²) in [6, 6.07) is 16.9. The third-order valence-corrected chi connectivity index (χ3v) is 6.63. The second-order valence-electron chi connectivity index (χ2n) is 8.62. The van der Waals surface area contributed by atoms with Gasteiger partial charge >= 0.3 is 6.03 Å². The van der Waals surface area contributed by atoms with E-state index in [0.29, 0.717) is 44.0 Å². The molecule has 2 aliphatic heterocycles. The minimum atomic E-state index is -0.187. The third kappa shape index (κ3) is 6.20. The fraction of sp³-hybridized carbons (Fsp3) is 0.400. The average molecular weight is 484 g/mol. The van der Waals surface area contributed by atoms with Crippen LogP contribution in [-0.4, -0.2) is 73.5 Å². The van der Waals surface area contributed by atoms with Gasteiger partial charge in [-0.05, 0) is 43.2 Å². The van der Waals surface area contributed by atoms with E-state index >= 15 is 0 Å². The molecular weight excluding hydrogens is 454 g/mol. The molecule has 4 amide bonds. The van der Waals surface area contributed by atoms with Crippen LogP contribution in [0, 0.1) is 5.92 Å². The number of para-hydroxylation sites is 1. The van der Waals surface area contributed by atoms with Gasteiger partial charge in [-0.2, -0.15) is 0 Å². The van der Waals surface area contributed by atoms with Gasteiger partial charge in [-0.1, -0.05) is 35.9 Å². The molecule has 0 unspecified atom stereocenters. The quantitative estimate of drug-likeness (QED) is 0.684. The van der Waals surface area contributed by atoms with Gasteiger partial charge in [0.05, 0.1) is 6.54 Å². The maximum absolute atomic E-state index is 12.6. The van der Waals surface area contributed by atoms with E-state index in [1.165, 1.54) is 0 Å². The van der Waals surface area contributed by atoms with E-state index in [0.717, 1.165) is 24.5 Å². The number of hydrogen-bond acceptors (Lipinski definition) is 4. The second-order valence-corrected chi connectivity index (χ2v) is 9.06. The normalized spacial score (nSPS) is 16.8. The highest BCUT2D eigenvalue weighted by atomic mass is 35.5. The number of nitrogens with one attached hydrogen (secondary N) is 2. The predicted molar refractivity (Wildman–Crippen MR) is 133 cm³/mol. The standard InChI is InChI=1S/C25H30ClN5O3/c26-20-5-4-8-22(17-20)29-13-15-30(16-14-29)23(32)18-27-24(33)19-9-11-31(12-10-19)25(34)28-21-6-2-1-3-7-21/h1-8,17,19H,9-16,18H2,(H,27,33)(H,28,34). The van der Waals surface area contributed by atoms with E-state index in [9.17, 15) is 14.4 Å². The number of carbonyl (C=O) groups excluding carboxylic acids is 3. The molecule has 8 nitrogen and oxygen atoms in total. The molecule has 9 heteroatoms. The van der Waals surface area contributed by atoms with Crippen LogP contribution in [0.4, 0.5) is 16.2 Å². The zero-order chi connectivity index (χ0) is 23.9. The van der Waals surface area contributed by atoms with Crippen molar-refractivity contribution in [3.63, 3.8) is 0 Å². The molecule has 0 bridgehead atoms. The van der Waals surface area contributed by atoms with Gasteiger partial charge < -0.3 is 25.3 Å². The van der Waals surface area contributed by atoms with Gasteiger partial charge in [-0.25, -0.2) is 4.79 Å². The van der Waals surface area contributed by atoms with Crippen LogP contribution in [0.3, 0.4) is 0 Å². The summed E-state index contributed by atoms with van der Waals surface area (Å²) in [5, 5.41) is 6.37. The molecule has 0 aromatic heterocycles. The van der Waals surface area contributed by atoms with Gasteiger partial charge in [0.2, 0.25) is 11.8 Å². The summed E-state index contributed by atoms with van der Waals surface area (Å²) in [7, 11) is 0. The number of carbonyl (C=O) groups is 3. The molecular formula is C25H30ClN5O3. The molecule has 0 atom stereocenters. The minimum absolute atomic E-state index is 0.00467. The fourth-order valence-electron chi connectivity index (χ4n) is 4.37. The average Bonchev–Trinajstić information content (AvgIpc) is 2.88. The Hall–Kier alpha value is -3.26. The number of hydrogen-bond donors (Lipinski definition) is 2. The summed E-state index contributed by atoms with van der Waals surface area (Å²) in [5.74, 6) is -0.374. The summed E-state index contributed by atoms with van der Waals surface area (Å²) >= 11 is 6.08. The van der Waals surface area contributed by atoms with E-state index < -0.39 is 0 Å². The van der Waals surface area contributed by atoms with Crippen LogP contribution >= 0.6 is 11.6 Å². The molecule has 0 aliphatic carbocycles. The van der Waals surface area contributed by atoms with Crippen molar-refractivity contribution in [2.75, 3.05) is 56.0 Å². The van der Waals surface area contributed by atoms with Crippen molar-refractivity contribution < 1.29 is 14.4 Å². The van der Waals surface area contributed by atoms with E-state index in [1.807, 2.05) is 54.6 Å². The highest BCUT2D eigenvalue weighted by Crippen LogP contribution is 2.21. The van der Waals surface area contributed by atoms with Crippen LogP contribution in [0.25, 0.3) is 0 Å². The Labute approximate surface area is 204 Å². The molecule has 2 saturated heterocycles. The number of anilines is 2. The van der Waals surface area contributed by atoms with E-state index in [4.69, 9.17) is 11.6 Å². The fourth-order valence-corrected chi connectivity index (χ4v) is 4.56. The molecule has 2 fully saturated rings. The third-order valence-electron chi connectivity index (χ3n) is 6.40. The highest BCUT2D eigenvalue weighted by Gasteiger charge is 2.28. The van der Waals surface area contributed by atoms with Crippen LogP contribution < -0.4 is 15.5 Å². The molecule has 34 heavy (non-hydrogen) atoms. The number of piperidine rings is 1. The molecule has 2 heterocycles.